The van der Waals surface area contributed by atoms with Crippen LogP contribution in [0.15, 0.2) is 66.2 Å². The van der Waals surface area contributed by atoms with Gasteiger partial charge in [-0.25, -0.2) is 0 Å². The highest BCUT2D eigenvalue weighted by Crippen LogP contribution is 2.29. The predicted molar refractivity (Wildman–Crippen MR) is 136 cm³/mol. The smallest absolute Gasteiger partial charge is 0.266 e. The number of carbonyl (C=O) groups excluding carboxylic acids is 2. The van der Waals surface area contributed by atoms with Crippen LogP contribution in [0.4, 0.5) is 11.4 Å². The van der Waals surface area contributed by atoms with Crippen molar-refractivity contribution in [2.45, 2.75) is 20.8 Å². The number of aryl methyl sites for hydroxylation is 3. The van der Waals surface area contributed by atoms with E-state index in [1.165, 1.54) is 13.2 Å². The molecule has 0 fully saturated rings. The van der Waals surface area contributed by atoms with E-state index in [1.807, 2.05) is 63.2 Å². The minimum Gasteiger partial charge on any atom is -0.493 e. The minimum atomic E-state index is -0.513. The van der Waals surface area contributed by atoms with Gasteiger partial charge in [0.2, 0.25) is 0 Å². The van der Waals surface area contributed by atoms with Gasteiger partial charge in [0.05, 0.1) is 7.11 Å². The van der Waals surface area contributed by atoms with Gasteiger partial charge in [-0.05, 0) is 79.4 Å². The lowest BCUT2D eigenvalue weighted by molar-refractivity contribution is -0.118. The standard InChI is InChI=1S/C28H27N3O4/c1-18-6-5-7-23(12-18)30-28(33)22(16-29)14-21-10-11-25(26(15-21)34-4)35-17-27(32)31-24-13-19(2)8-9-20(24)3/h5-15H,17H2,1-4H3,(H,30,33)(H,31,32)/b22-14+. The molecular formula is C28H27N3O4. The average Bonchev–Trinajstić information content (AvgIpc) is 2.83. The van der Waals surface area contributed by atoms with Crippen LogP contribution < -0.4 is 20.1 Å². The average molecular weight is 470 g/mol. The quantitative estimate of drug-likeness (QED) is 0.350. The second-order valence-electron chi connectivity index (χ2n) is 8.06. The first-order valence-corrected chi connectivity index (χ1v) is 11.0. The Balaban J connectivity index is 1.69. The Labute approximate surface area is 205 Å². The number of ether oxygens (including phenoxy) is 2. The van der Waals surface area contributed by atoms with Crippen LogP contribution in [0, 0.1) is 32.1 Å². The molecule has 0 saturated heterocycles. The van der Waals surface area contributed by atoms with E-state index in [9.17, 15) is 14.9 Å². The fraction of sp³-hybridized carbons (Fsp3) is 0.179. The topological polar surface area (TPSA) is 100 Å². The molecule has 35 heavy (non-hydrogen) atoms. The Bertz CT molecular complexity index is 1320. The number of methoxy groups -OCH3 is 1. The van der Waals surface area contributed by atoms with Gasteiger partial charge in [0.15, 0.2) is 18.1 Å². The normalized spacial score (nSPS) is 10.8. The van der Waals surface area contributed by atoms with Gasteiger partial charge in [0, 0.05) is 11.4 Å². The van der Waals surface area contributed by atoms with Gasteiger partial charge in [-0.2, -0.15) is 5.26 Å². The van der Waals surface area contributed by atoms with Crippen molar-refractivity contribution in [2.24, 2.45) is 0 Å². The zero-order valence-electron chi connectivity index (χ0n) is 20.1. The summed E-state index contributed by atoms with van der Waals surface area (Å²) in [5.41, 5.74) is 4.85. The van der Waals surface area contributed by atoms with Gasteiger partial charge in [0.1, 0.15) is 11.6 Å². The Morgan fingerprint density at radius 2 is 1.71 bits per heavy atom. The van der Waals surface area contributed by atoms with Crippen LogP contribution in [0.2, 0.25) is 0 Å². The van der Waals surface area contributed by atoms with Gasteiger partial charge < -0.3 is 20.1 Å². The van der Waals surface area contributed by atoms with Crippen LogP contribution in [0.5, 0.6) is 11.5 Å². The van der Waals surface area contributed by atoms with Gasteiger partial charge in [0.25, 0.3) is 11.8 Å². The molecule has 0 atom stereocenters. The first-order valence-electron chi connectivity index (χ1n) is 11.0. The molecule has 0 aliphatic rings. The lowest BCUT2D eigenvalue weighted by Gasteiger charge is -2.13. The molecule has 0 saturated carbocycles. The van der Waals surface area contributed by atoms with Crippen molar-refractivity contribution in [3.8, 4) is 17.6 Å². The molecule has 0 radical (unpaired) electrons. The minimum absolute atomic E-state index is 0.0601. The maximum Gasteiger partial charge on any atom is 0.266 e. The van der Waals surface area contributed by atoms with Gasteiger partial charge in [-0.3, -0.25) is 9.59 Å². The summed E-state index contributed by atoms with van der Waals surface area (Å²) in [5, 5.41) is 15.1. The van der Waals surface area contributed by atoms with Crippen molar-refractivity contribution in [1.82, 2.24) is 0 Å². The molecule has 0 aliphatic carbocycles. The molecule has 0 bridgehead atoms. The van der Waals surface area contributed by atoms with Crippen molar-refractivity contribution in [1.29, 1.82) is 5.26 Å². The molecule has 0 spiro atoms. The first-order chi connectivity index (χ1) is 16.8. The Hall–Kier alpha value is -4.57. The monoisotopic (exact) mass is 469 g/mol. The van der Waals surface area contributed by atoms with E-state index in [1.54, 1.807) is 24.3 Å². The molecule has 0 heterocycles. The van der Waals surface area contributed by atoms with Crippen molar-refractivity contribution >= 4 is 29.3 Å². The highest BCUT2D eigenvalue weighted by molar-refractivity contribution is 6.09. The summed E-state index contributed by atoms with van der Waals surface area (Å²) in [5.74, 6) is -0.0806. The number of hydrogen-bond acceptors (Lipinski definition) is 5. The van der Waals surface area contributed by atoms with Crippen molar-refractivity contribution in [3.63, 3.8) is 0 Å². The number of amides is 2. The molecule has 2 N–H and O–H groups in total. The lowest BCUT2D eigenvalue weighted by Crippen LogP contribution is -2.20. The zero-order valence-corrected chi connectivity index (χ0v) is 20.1. The maximum absolute atomic E-state index is 12.6. The second-order valence-corrected chi connectivity index (χ2v) is 8.06. The SMILES string of the molecule is COc1cc(/C=C(\C#N)C(=O)Nc2cccc(C)c2)ccc1OCC(=O)Nc1cc(C)ccc1C. The number of nitrogens with zero attached hydrogens (tertiary/aromatic N) is 1. The fourth-order valence-electron chi connectivity index (χ4n) is 3.33. The van der Waals surface area contributed by atoms with E-state index >= 15 is 0 Å². The van der Waals surface area contributed by atoms with Crippen molar-refractivity contribution in [2.75, 3.05) is 24.4 Å². The summed E-state index contributed by atoms with van der Waals surface area (Å²) in [6, 6.07) is 20.0. The summed E-state index contributed by atoms with van der Waals surface area (Å²) in [7, 11) is 1.47. The molecule has 3 aromatic carbocycles. The van der Waals surface area contributed by atoms with E-state index in [0.717, 1.165) is 22.4 Å². The summed E-state index contributed by atoms with van der Waals surface area (Å²) < 4.78 is 11.0. The number of benzene rings is 3. The molecule has 7 nitrogen and oxygen atoms in total. The van der Waals surface area contributed by atoms with E-state index in [4.69, 9.17) is 9.47 Å². The highest BCUT2D eigenvalue weighted by atomic mass is 16.5. The van der Waals surface area contributed by atoms with Gasteiger partial charge in [-0.1, -0.05) is 30.3 Å². The van der Waals surface area contributed by atoms with E-state index in [2.05, 4.69) is 10.6 Å². The number of rotatable bonds is 8. The third-order valence-corrected chi connectivity index (χ3v) is 5.17. The van der Waals surface area contributed by atoms with Gasteiger partial charge >= 0.3 is 0 Å². The molecule has 3 aromatic rings. The van der Waals surface area contributed by atoms with Crippen LogP contribution >= 0.6 is 0 Å². The molecule has 0 aliphatic heterocycles. The maximum atomic E-state index is 12.6. The largest absolute Gasteiger partial charge is 0.493 e. The molecule has 0 unspecified atom stereocenters. The van der Waals surface area contributed by atoms with E-state index in [-0.39, 0.29) is 18.1 Å². The molecular weight excluding hydrogens is 442 g/mol. The summed E-state index contributed by atoms with van der Waals surface area (Å²) in [6.07, 6.45) is 1.46. The van der Waals surface area contributed by atoms with Crippen LogP contribution in [0.25, 0.3) is 6.08 Å². The number of nitrogens with one attached hydrogen (secondary N) is 2. The predicted octanol–water partition coefficient (Wildman–Crippen LogP) is 5.18. The van der Waals surface area contributed by atoms with Gasteiger partial charge in [-0.15, -0.1) is 0 Å². The third-order valence-electron chi connectivity index (χ3n) is 5.17. The molecule has 2 amide bonds. The second kappa shape index (κ2) is 11.5. The third kappa shape index (κ3) is 6.95. The summed E-state index contributed by atoms with van der Waals surface area (Å²) in [6.45, 7) is 5.58. The number of carbonyl (C=O) groups is 2. The number of hydrogen-bond donors (Lipinski definition) is 2. The Morgan fingerprint density at radius 3 is 2.43 bits per heavy atom. The summed E-state index contributed by atoms with van der Waals surface area (Å²) >= 11 is 0. The van der Waals surface area contributed by atoms with Crippen LogP contribution in [-0.4, -0.2) is 25.5 Å². The molecule has 7 heteroatoms. The van der Waals surface area contributed by atoms with Crippen LogP contribution in [0.3, 0.4) is 0 Å². The number of nitriles is 1. The van der Waals surface area contributed by atoms with Crippen LogP contribution in [0.1, 0.15) is 22.3 Å². The number of anilines is 2. The zero-order chi connectivity index (χ0) is 25.4. The first kappa shape index (κ1) is 25.1. The lowest BCUT2D eigenvalue weighted by atomic mass is 10.1. The molecule has 178 valence electrons. The fourth-order valence-corrected chi connectivity index (χ4v) is 3.33. The van der Waals surface area contributed by atoms with E-state index < -0.39 is 5.91 Å². The van der Waals surface area contributed by atoms with Crippen LogP contribution in [-0.2, 0) is 9.59 Å². The Kier molecular flexibility index (Phi) is 8.25. The highest BCUT2D eigenvalue weighted by Gasteiger charge is 2.13. The Morgan fingerprint density at radius 1 is 0.943 bits per heavy atom. The van der Waals surface area contributed by atoms with Crippen molar-refractivity contribution < 1.29 is 19.1 Å². The van der Waals surface area contributed by atoms with E-state index in [0.29, 0.717) is 22.7 Å². The molecule has 3 rings (SSSR count). The van der Waals surface area contributed by atoms with Crippen molar-refractivity contribution in [3.05, 3.63) is 88.5 Å². The molecule has 0 aromatic heterocycles. The summed E-state index contributed by atoms with van der Waals surface area (Å²) in [4.78, 5) is 24.9.